The molecule has 2 aromatic carbocycles. The Bertz CT molecular complexity index is 939. The van der Waals surface area contributed by atoms with Crippen molar-refractivity contribution in [2.24, 2.45) is 17.3 Å². The molecule has 1 fully saturated rings. The number of anilines is 2. The Morgan fingerprint density at radius 2 is 1.70 bits per heavy atom. The van der Waals surface area contributed by atoms with Crippen LogP contribution in [-0.4, -0.2) is 31.4 Å². The van der Waals surface area contributed by atoms with Crippen LogP contribution in [0.3, 0.4) is 0 Å². The van der Waals surface area contributed by atoms with Crippen LogP contribution in [0, 0.1) is 17.3 Å². The predicted octanol–water partition coefficient (Wildman–Crippen LogP) is 5.52. The maximum atomic E-state index is 13.1. The molecule has 0 aliphatic carbocycles. The van der Waals surface area contributed by atoms with Crippen molar-refractivity contribution in [1.29, 1.82) is 0 Å². The molecule has 0 bridgehead atoms. The lowest BCUT2D eigenvalue weighted by Gasteiger charge is -2.35. The smallest absolute Gasteiger partial charge is 0.253 e. The van der Waals surface area contributed by atoms with Crippen LogP contribution >= 0.6 is 0 Å². The molecule has 1 aliphatic rings. The van der Waals surface area contributed by atoms with E-state index >= 15 is 0 Å². The molecule has 0 aromatic heterocycles. The van der Waals surface area contributed by atoms with Gasteiger partial charge in [0, 0.05) is 36.4 Å². The Hall–Kier alpha value is -2.82. The van der Waals surface area contributed by atoms with E-state index in [0.29, 0.717) is 29.6 Å². The van der Waals surface area contributed by atoms with Gasteiger partial charge in [0.05, 0.1) is 5.56 Å². The van der Waals surface area contributed by atoms with E-state index in [4.69, 9.17) is 0 Å². The van der Waals surface area contributed by atoms with Crippen molar-refractivity contribution in [2.75, 3.05) is 29.9 Å². The highest BCUT2D eigenvalue weighted by Crippen LogP contribution is 2.30. The summed E-state index contributed by atoms with van der Waals surface area (Å²) in [6, 6.07) is 16.4. The lowest BCUT2D eigenvalue weighted by Crippen LogP contribution is -2.36. The standard InChI is InChI=1S/C28H39N3O2/c1-20(2)19-29-26(32)24-18-23(30-27(33)28(3,4)5)11-12-25(24)31-15-13-22(14-16-31)17-21-9-7-6-8-10-21/h6-12,18,20,22H,13-17,19H2,1-5H3,(H,29,32)(H,30,33). The molecule has 0 spiro atoms. The van der Waals surface area contributed by atoms with E-state index in [2.05, 4.69) is 59.7 Å². The number of carbonyl (C=O) groups excluding carboxylic acids is 2. The van der Waals surface area contributed by atoms with Gasteiger partial charge in [-0.3, -0.25) is 9.59 Å². The van der Waals surface area contributed by atoms with Crippen molar-refractivity contribution in [3.05, 3.63) is 59.7 Å². The van der Waals surface area contributed by atoms with E-state index < -0.39 is 5.41 Å². The number of amides is 2. The summed E-state index contributed by atoms with van der Waals surface area (Å²) in [4.78, 5) is 27.9. The molecular weight excluding hydrogens is 410 g/mol. The molecule has 5 heteroatoms. The zero-order chi connectivity index (χ0) is 24.0. The Kier molecular flexibility index (Phi) is 8.17. The van der Waals surface area contributed by atoms with Gasteiger partial charge in [-0.2, -0.15) is 0 Å². The van der Waals surface area contributed by atoms with E-state index in [1.54, 1.807) is 0 Å². The Morgan fingerprint density at radius 3 is 2.30 bits per heavy atom. The quantitative estimate of drug-likeness (QED) is 0.585. The Morgan fingerprint density at radius 1 is 1.03 bits per heavy atom. The molecular formula is C28H39N3O2. The van der Waals surface area contributed by atoms with Gasteiger partial charge in [0.1, 0.15) is 0 Å². The van der Waals surface area contributed by atoms with Crippen molar-refractivity contribution in [2.45, 2.75) is 53.9 Å². The first-order valence-corrected chi connectivity index (χ1v) is 12.2. The number of carbonyl (C=O) groups is 2. The van der Waals surface area contributed by atoms with E-state index in [0.717, 1.165) is 38.0 Å². The molecule has 1 heterocycles. The Balaban J connectivity index is 1.75. The second-order valence-electron chi connectivity index (χ2n) is 10.7. The van der Waals surface area contributed by atoms with Crippen LogP contribution < -0.4 is 15.5 Å². The van der Waals surface area contributed by atoms with E-state index in [1.165, 1.54) is 5.56 Å². The van der Waals surface area contributed by atoms with Gasteiger partial charge in [-0.15, -0.1) is 0 Å². The number of nitrogens with one attached hydrogen (secondary N) is 2. The Labute approximate surface area is 199 Å². The van der Waals surface area contributed by atoms with Crippen LogP contribution in [0.25, 0.3) is 0 Å². The minimum absolute atomic E-state index is 0.0643. The SMILES string of the molecule is CC(C)CNC(=O)c1cc(NC(=O)C(C)(C)C)ccc1N1CCC(Cc2ccccc2)CC1. The molecule has 178 valence electrons. The highest BCUT2D eigenvalue weighted by Gasteiger charge is 2.25. The molecule has 1 saturated heterocycles. The summed E-state index contributed by atoms with van der Waals surface area (Å²) in [5.41, 5.74) is 3.13. The molecule has 0 saturated carbocycles. The average Bonchev–Trinajstić information content (AvgIpc) is 2.78. The molecule has 3 rings (SSSR count). The molecule has 0 radical (unpaired) electrons. The summed E-state index contributed by atoms with van der Waals surface area (Å²) >= 11 is 0. The number of hydrogen-bond donors (Lipinski definition) is 2. The summed E-state index contributed by atoms with van der Waals surface area (Å²) in [6.45, 7) is 12.3. The summed E-state index contributed by atoms with van der Waals surface area (Å²) in [5, 5.41) is 6.02. The summed E-state index contributed by atoms with van der Waals surface area (Å²) < 4.78 is 0. The molecule has 2 aromatic rings. The summed E-state index contributed by atoms with van der Waals surface area (Å²) in [7, 11) is 0. The normalized spacial score (nSPS) is 14.9. The topological polar surface area (TPSA) is 61.4 Å². The van der Waals surface area contributed by atoms with Gasteiger partial charge in [0.2, 0.25) is 5.91 Å². The third kappa shape index (κ3) is 7.08. The van der Waals surface area contributed by atoms with Crippen LogP contribution in [0.5, 0.6) is 0 Å². The lowest BCUT2D eigenvalue weighted by molar-refractivity contribution is -0.123. The van der Waals surface area contributed by atoms with E-state index in [-0.39, 0.29) is 11.8 Å². The summed E-state index contributed by atoms with van der Waals surface area (Å²) in [5.74, 6) is 0.879. The molecule has 33 heavy (non-hydrogen) atoms. The second kappa shape index (κ2) is 10.9. The largest absolute Gasteiger partial charge is 0.371 e. The number of piperidine rings is 1. The van der Waals surface area contributed by atoms with Crippen molar-refractivity contribution in [3.8, 4) is 0 Å². The fourth-order valence-corrected chi connectivity index (χ4v) is 4.11. The van der Waals surface area contributed by atoms with Crippen LogP contribution in [0.15, 0.2) is 48.5 Å². The first-order valence-electron chi connectivity index (χ1n) is 12.2. The molecule has 2 amide bonds. The number of benzene rings is 2. The third-order valence-electron chi connectivity index (χ3n) is 6.17. The zero-order valence-electron chi connectivity index (χ0n) is 20.8. The second-order valence-corrected chi connectivity index (χ2v) is 10.7. The molecule has 1 aliphatic heterocycles. The molecule has 0 unspecified atom stereocenters. The lowest BCUT2D eigenvalue weighted by atomic mass is 9.89. The van der Waals surface area contributed by atoms with Crippen molar-refractivity contribution in [1.82, 2.24) is 5.32 Å². The van der Waals surface area contributed by atoms with E-state index in [1.807, 2.05) is 39.0 Å². The summed E-state index contributed by atoms with van der Waals surface area (Å²) in [6.07, 6.45) is 3.31. The van der Waals surface area contributed by atoms with Gasteiger partial charge in [-0.1, -0.05) is 65.0 Å². The minimum Gasteiger partial charge on any atom is -0.371 e. The minimum atomic E-state index is -0.501. The highest BCUT2D eigenvalue weighted by atomic mass is 16.2. The van der Waals surface area contributed by atoms with Crippen LogP contribution in [0.1, 0.15) is 63.4 Å². The predicted molar refractivity (Wildman–Crippen MR) is 137 cm³/mol. The van der Waals surface area contributed by atoms with Crippen LogP contribution in [-0.2, 0) is 11.2 Å². The number of nitrogens with zero attached hydrogens (tertiary/aromatic N) is 1. The molecule has 2 N–H and O–H groups in total. The molecule has 0 atom stereocenters. The average molecular weight is 450 g/mol. The van der Waals surface area contributed by atoms with Gasteiger partial charge >= 0.3 is 0 Å². The van der Waals surface area contributed by atoms with Crippen LogP contribution in [0.4, 0.5) is 11.4 Å². The van der Waals surface area contributed by atoms with Gasteiger partial charge in [-0.25, -0.2) is 0 Å². The van der Waals surface area contributed by atoms with Crippen LogP contribution in [0.2, 0.25) is 0 Å². The first kappa shape index (κ1) is 24.8. The van der Waals surface area contributed by atoms with Gasteiger partial charge in [0.15, 0.2) is 0 Å². The van der Waals surface area contributed by atoms with Crippen molar-refractivity contribution in [3.63, 3.8) is 0 Å². The number of hydrogen-bond acceptors (Lipinski definition) is 3. The maximum absolute atomic E-state index is 13.1. The van der Waals surface area contributed by atoms with Crippen molar-refractivity contribution >= 4 is 23.2 Å². The van der Waals surface area contributed by atoms with Crippen molar-refractivity contribution < 1.29 is 9.59 Å². The first-order chi connectivity index (χ1) is 15.6. The monoisotopic (exact) mass is 449 g/mol. The van der Waals surface area contributed by atoms with Gasteiger partial charge in [-0.05, 0) is 54.9 Å². The van der Waals surface area contributed by atoms with Gasteiger partial charge < -0.3 is 15.5 Å². The third-order valence-corrected chi connectivity index (χ3v) is 6.17. The number of rotatable bonds is 7. The van der Waals surface area contributed by atoms with Gasteiger partial charge in [0.25, 0.3) is 5.91 Å². The zero-order valence-corrected chi connectivity index (χ0v) is 20.8. The fourth-order valence-electron chi connectivity index (χ4n) is 4.11. The maximum Gasteiger partial charge on any atom is 0.253 e. The van der Waals surface area contributed by atoms with E-state index in [9.17, 15) is 9.59 Å². The highest BCUT2D eigenvalue weighted by molar-refractivity contribution is 6.02. The molecule has 5 nitrogen and oxygen atoms in total. The fraction of sp³-hybridized carbons (Fsp3) is 0.500.